The molecule has 1 saturated carbocycles. The number of likely N-dealkylation sites (N-methyl/N-ethyl adjacent to an activating group) is 1. The summed E-state index contributed by atoms with van der Waals surface area (Å²) in [6.07, 6.45) is -8.51. The van der Waals surface area contributed by atoms with Crippen LogP contribution in [-0.4, -0.2) is 97.3 Å². The maximum absolute atomic E-state index is 15.5. The van der Waals surface area contributed by atoms with Gasteiger partial charge in [-0.3, -0.25) is 19.7 Å². The van der Waals surface area contributed by atoms with E-state index >= 15 is 8.78 Å². The van der Waals surface area contributed by atoms with Crippen LogP contribution < -0.4 is 15.4 Å². The predicted molar refractivity (Wildman–Crippen MR) is 184 cm³/mol. The lowest BCUT2D eigenvalue weighted by Gasteiger charge is -2.32. The highest BCUT2D eigenvalue weighted by atomic mass is 19.4. The molecule has 1 aliphatic rings. The van der Waals surface area contributed by atoms with Gasteiger partial charge in [-0.15, -0.1) is 0 Å². The fourth-order valence-corrected chi connectivity index (χ4v) is 5.93. The van der Waals surface area contributed by atoms with E-state index in [0.717, 1.165) is 11.0 Å². The minimum absolute atomic E-state index is 0.0105. The van der Waals surface area contributed by atoms with Crippen LogP contribution in [0.5, 0.6) is 5.75 Å². The van der Waals surface area contributed by atoms with Crippen LogP contribution in [0.25, 0.3) is 11.3 Å². The number of carbonyl (C=O) groups is 3. The van der Waals surface area contributed by atoms with E-state index < -0.39 is 101 Å². The normalized spacial score (nSPS) is 14.1. The van der Waals surface area contributed by atoms with E-state index in [9.17, 15) is 40.7 Å². The summed E-state index contributed by atoms with van der Waals surface area (Å²) in [5.41, 5.74) is -5.87. The van der Waals surface area contributed by atoms with Gasteiger partial charge < -0.3 is 29.3 Å². The molecule has 2 amide bonds. The van der Waals surface area contributed by atoms with E-state index in [-0.39, 0.29) is 12.2 Å². The van der Waals surface area contributed by atoms with Gasteiger partial charge in [-0.1, -0.05) is 18.9 Å². The molecule has 1 fully saturated rings. The topological polar surface area (TPSA) is 135 Å². The van der Waals surface area contributed by atoms with E-state index in [1.54, 1.807) is 7.05 Å². The number of rotatable bonds is 17. The maximum atomic E-state index is 15.5. The van der Waals surface area contributed by atoms with Crippen molar-refractivity contribution in [2.75, 3.05) is 59.6 Å². The van der Waals surface area contributed by atoms with Crippen molar-refractivity contribution < 1.29 is 63.7 Å². The summed E-state index contributed by atoms with van der Waals surface area (Å²) in [5, 5.41) is 5.21. The maximum Gasteiger partial charge on any atom is 0.433 e. The van der Waals surface area contributed by atoms with Gasteiger partial charge in [0.25, 0.3) is 0 Å². The van der Waals surface area contributed by atoms with Gasteiger partial charge in [0.05, 0.1) is 37.3 Å². The molecule has 4 rings (SSSR count). The van der Waals surface area contributed by atoms with Gasteiger partial charge in [0.2, 0.25) is 17.6 Å². The number of hydrogen-bond donors (Lipinski definition) is 2. The number of nitrogens with zero attached hydrogens (tertiary/aromatic N) is 4. The van der Waals surface area contributed by atoms with E-state index in [4.69, 9.17) is 14.2 Å². The number of anilines is 1. The van der Waals surface area contributed by atoms with E-state index in [2.05, 4.69) is 20.6 Å². The number of hydrogen-bond acceptors (Lipinski definition) is 10. The highest BCUT2D eigenvalue weighted by Gasteiger charge is 2.42. The summed E-state index contributed by atoms with van der Waals surface area (Å²) in [7, 11) is 4.50. The number of halogens is 8. The first-order chi connectivity index (χ1) is 26.4. The van der Waals surface area contributed by atoms with E-state index in [1.807, 2.05) is 4.90 Å². The molecule has 0 radical (unpaired) electrons. The molecule has 0 spiro atoms. The molecular weight excluding hydrogens is 764 g/mol. The molecule has 20 heteroatoms. The van der Waals surface area contributed by atoms with Crippen LogP contribution >= 0.6 is 0 Å². The Kier molecular flexibility index (Phi) is 14.7. The van der Waals surface area contributed by atoms with E-state index in [0.29, 0.717) is 69.9 Å². The van der Waals surface area contributed by atoms with Crippen LogP contribution in [0, 0.1) is 11.6 Å². The number of esters is 1. The molecule has 12 nitrogen and oxygen atoms in total. The van der Waals surface area contributed by atoms with Gasteiger partial charge in [0.1, 0.15) is 30.6 Å². The predicted octanol–water partition coefficient (Wildman–Crippen LogP) is 5.81. The average Bonchev–Trinajstić information content (AvgIpc) is 3.64. The standard InChI is InChI=1S/C36H40F8N6O6/c1-49(12-14-54-2)13-15-56-27-9-6-22(31(37)32(27)38)19-50(21-47-34(33(53)55-3)10-4-5-11-34)30(52)18-29(51)48-25-8-7-23(35(39,40)41)16-24(25)26-17-28(36(42,43)44)46-20-45-26/h6-9,16-17,20,47H,4-5,10-15,18-19,21H2,1-3H3,(H,48,51). The van der Waals surface area contributed by atoms with Crippen molar-refractivity contribution in [3.63, 3.8) is 0 Å². The fraction of sp³-hybridized carbons (Fsp3) is 0.472. The Morgan fingerprint density at radius 3 is 2.23 bits per heavy atom. The number of benzene rings is 2. The quantitative estimate of drug-likeness (QED) is 0.0746. The number of nitrogens with one attached hydrogen (secondary N) is 2. The Balaban J connectivity index is 1.59. The second-order valence-corrected chi connectivity index (χ2v) is 13.0. The van der Waals surface area contributed by atoms with Gasteiger partial charge in [-0.2, -0.15) is 30.7 Å². The number of aromatic nitrogens is 2. The molecule has 3 aromatic rings. The minimum Gasteiger partial charge on any atom is -0.489 e. The van der Waals surface area contributed by atoms with Crippen LogP contribution in [-0.2, 0) is 42.8 Å². The lowest BCUT2D eigenvalue weighted by Crippen LogP contribution is -2.55. The number of amides is 2. The van der Waals surface area contributed by atoms with Crippen molar-refractivity contribution in [3.05, 3.63) is 71.2 Å². The Bertz CT molecular complexity index is 1860. The zero-order valence-electron chi connectivity index (χ0n) is 30.6. The molecule has 2 aromatic carbocycles. The summed E-state index contributed by atoms with van der Waals surface area (Å²) in [6, 6.07) is 4.59. The van der Waals surface area contributed by atoms with Crippen LogP contribution in [0.2, 0.25) is 0 Å². The molecule has 1 heterocycles. The molecule has 0 saturated heterocycles. The zero-order chi connectivity index (χ0) is 41.3. The molecule has 306 valence electrons. The first-order valence-electron chi connectivity index (χ1n) is 17.2. The number of methoxy groups -OCH3 is 2. The molecule has 0 bridgehead atoms. The van der Waals surface area contributed by atoms with E-state index in [1.165, 1.54) is 26.4 Å². The van der Waals surface area contributed by atoms with Crippen molar-refractivity contribution in [1.29, 1.82) is 0 Å². The Hall–Kier alpha value is -4.95. The van der Waals surface area contributed by atoms with Gasteiger partial charge in [-0.25, -0.2) is 14.4 Å². The zero-order valence-corrected chi connectivity index (χ0v) is 30.6. The Morgan fingerprint density at radius 1 is 0.893 bits per heavy atom. The molecule has 2 N–H and O–H groups in total. The molecule has 1 aliphatic carbocycles. The van der Waals surface area contributed by atoms with Crippen LogP contribution in [0.4, 0.5) is 40.8 Å². The third-order valence-electron chi connectivity index (χ3n) is 9.06. The van der Waals surface area contributed by atoms with Crippen LogP contribution in [0.3, 0.4) is 0 Å². The highest BCUT2D eigenvalue weighted by Crippen LogP contribution is 2.37. The second kappa shape index (κ2) is 18.8. The molecule has 1 aromatic heterocycles. The van der Waals surface area contributed by atoms with Gasteiger partial charge >= 0.3 is 18.3 Å². The monoisotopic (exact) mass is 804 g/mol. The molecule has 0 atom stereocenters. The Morgan fingerprint density at radius 2 is 1.59 bits per heavy atom. The minimum atomic E-state index is -4.98. The molecule has 0 unspecified atom stereocenters. The van der Waals surface area contributed by atoms with Gasteiger partial charge in [-0.05, 0) is 50.2 Å². The first-order valence-corrected chi connectivity index (χ1v) is 17.2. The first kappa shape index (κ1) is 43.8. The third-order valence-corrected chi connectivity index (χ3v) is 9.06. The Labute approximate surface area is 316 Å². The van der Waals surface area contributed by atoms with Crippen LogP contribution in [0.15, 0.2) is 42.7 Å². The summed E-state index contributed by atoms with van der Waals surface area (Å²) >= 11 is 0. The molecular formula is C36H40F8N6O6. The van der Waals surface area contributed by atoms with Crippen molar-refractivity contribution in [2.24, 2.45) is 0 Å². The number of carbonyl (C=O) groups excluding carboxylic acids is 3. The van der Waals surface area contributed by atoms with Gasteiger partial charge in [0, 0.05) is 37.9 Å². The highest BCUT2D eigenvalue weighted by molar-refractivity contribution is 6.05. The largest absolute Gasteiger partial charge is 0.489 e. The number of alkyl halides is 6. The lowest BCUT2D eigenvalue weighted by atomic mass is 9.98. The van der Waals surface area contributed by atoms with Crippen molar-refractivity contribution in [1.82, 2.24) is 25.1 Å². The van der Waals surface area contributed by atoms with Gasteiger partial charge in [0.15, 0.2) is 11.6 Å². The lowest BCUT2D eigenvalue weighted by molar-refractivity contribution is -0.150. The SMILES string of the molecule is COCCN(C)CCOc1ccc(CN(CNC2(C(=O)OC)CCCC2)C(=O)CC(=O)Nc2ccc(C(F)(F)F)cc2-c2cc(C(F)(F)F)ncn2)c(F)c1F. The summed E-state index contributed by atoms with van der Waals surface area (Å²) < 4.78 is 127. The molecule has 56 heavy (non-hydrogen) atoms. The third kappa shape index (κ3) is 11.3. The summed E-state index contributed by atoms with van der Waals surface area (Å²) in [5.74, 6) is -5.83. The number of ether oxygens (including phenoxy) is 3. The van der Waals surface area contributed by atoms with Crippen LogP contribution in [0.1, 0.15) is 48.9 Å². The van der Waals surface area contributed by atoms with Crippen molar-refractivity contribution >= 4 is 23.5 Å². The second-order valence-electron chi connectivity index (χ2n) is 13.0. The van der Waals surface area contributed by atoms with Crippen molar-refractivity contribution in [2.45, 2.75) is 56.5 Å². The fourth-order valence-electron chi connectivity index (χ4n) is 5.93. The summed E-state index contributed by atoms with van der Waals surface area (Å²) in [6.45, 7) is 0.320. The van der Waals surface area contributed by atoms with Crippen molar-refractivity contribution in [3.8, 4) is 17.0 Å². The summed E-state index contributed by atoms with van der Waals surface area (Å²) in [4.78, 5) is 49.3. The molecule has 0 aliphatic heterocycles. The smallest absolute Gasteiger partial charge is 0.433 e. The average molecular weight is 805 g/mol.